The summed E-state index contributed by atoms with van der Waals surface area (Å²) in [5, 5.41) is 9.24. The van der Waals surface area contributed by atoms with Crippen LogP contribution in [-0.4, -0.2) is 66.2 Å². The molecule has 0 radical (unpaired) electrons. The molecule has 1 aromatic rings. The first-order valence-corrected chi connectivity index (χ1v) is 8.98. The summed E-state index contributed by atoms with van der Waals surface area (Å²) in [5.74, 6) is -0.603. The minimum atomic E-state index is -0.314. The molecule has 0 atom stereocenters. The Morgan fingerprint density at radius 2 is 1.81 bits per heavy atom. The van der Waals surface area contributed by atoms with E-state index in [-0.39, 0.29) is 31.1 Å². The summed E-state index contributed by atoms with van der Waals surface area (Å²) in [6.07, 6.45) is 0.709. The zero-order valence-corrected chi connectivity index (χ0v) is 16.0. The maximum Gasteiger partial charge on any atom is 0.277 e. The second kappa shape index (κ2) is 8.96. The molecule has 6 heteroatoms. The highest BCUT2D eigenvalue weighted by Gasteiger charge is 2.40. The van der Waals surface area contributed by atoms with Gasteiger partial charge < -0.3 is 14.7 Å². The van der Waals surface area contributed by atoms with Gasteiger partial charge >= 0.3 is 0 Å². The molecule has 1 heterocycles. The van der Waals surface area contributed by atoms with Crippen LogP contribution in [0.15, 0.2) is 30.0 Å². The second-order valence-electron chi connectivity index (χ2n) is 6.77. The predicted octanol–water partition coefficient (Wildman–Crippen LogP) is 1.81. The van der Waals surface area contributed by atoms with Crippen LogP contribution in [0.1, 0.15) is 31.4 Å². The Kier molecular flexibility index (Phi) is 6.94. The number of carbonyl (C=O) groups excluding carboxylic acids is 2. The summed E-state index contributed by atoms with van der Waals surface area (Å²) >= 11 is 0. The minimum Gasteiger partial charge on any atom is -0.395 e. The van der Waals surface area contributed by atoms with Crippen LogP contribution in [-0.2, 0) is 14.3 Å². The molecule has 0 aliphatic carbocycles. The number of hydrogen-bond donors (Lipinski definition) is 1. The molecule has 26 heavy (non-hydrogen) atoms. The molecule has 1 aliphatic rings. The molecule has 0 bridgehead atoms. The largest absolute Gasteiger partial charge is 0.395 e. The van der Waals surface area contributed by atoms with E-state index < -0.39 is 0 Å². The van der Waals surface area contributed by atoms with Crippen molar-refractivity contribution in [1.82, 2.24) is 9.80 Å². The van der Waals surface area contributed by atoms with Crippen LogP contribution >= 0.6 is 0 Å². The number of aryl methyl sites for hydroxylation is 1. The Hall–Kier alpha value is -2.18. The van der Waals surface area contributed by atoms with Gasteiger partial charge in [-0.25, -0.2) is 0 Å². The van der Waals surface area contributed by atoms with Gasteiger partial charge in [-0.05, 0) is 32.8 Å². The lowest BCUT2D eigenvalue weighted by molar-refractivity contribution is -0.137. The molecule has 0 fully saturated rings. The number of aliphatic hydroxyl groups excluding tert-OH is 1. The summed E-state index contributed by atoms with van der Waals surface area (Å²) in [5.41, 5.74) is 2.54. The van der Waals surface area contributed by atoms with Gasteiger partial charge in [0.15, 0.2) is 0 Å². The van der Waals surface area contributed by atoms with Crippen molar-refractivity contribution in [2.45, 2.75) is 33.3 Å². The third-order valence-corrected chi connectivity index (χ3v) is 4.28. The number of hydrogen-bond acceptors (Lipinski definition) is 5. The highest BCUT2D eigenvalue weighted by molar-refractivity contribution is 6.35. The zero-order chi connectivity index (χ0) is 19.3. The number of ether oxygens (including phenoxy) is 1. The molecule has 1 N–H and O–H groups in total. The average molecular weight is 360 g/mol. The number of benzene rings is 1. The molecule has 6 nitrogen and oxygen atoms in total. The van der Waals surface area contributed by atoms with E-state index in [2.05, 4.69) is 0 Å². The molecule has 0 saturated carbocycles. The lowest BCUT2D eigenvalue weighted by Gasteiger charge is -2.20. The average Bonchev–Trinajstić information content (AvgIpc) is 2.83. The first kappa shape index (κ1) is 20.1. The summed E-state index contributed by atoms with van der Waals surface area (Å²) in [6, 6.07) is 7.55. The quantitative estimate of drug-likeness (QED) is 0.537. The fourth-order valence-electron chi connectivity index (χ4n) is 2.90. The fraction of sp³-hybridized carbons (Fsp3) is 0.500. The topological polar surface area (TPSA) is 70.1 Å². The molecule has 0 spiro atoms. The van der Waals surface area contributed by atoms with Crippen LogP contribution in [0.25, 0.3) is 5.57 Å². The van der Waals surface area contributed by atoms with E-state index >= 15 is 0 Å². The van der Waals surface area contributed by atoms with Gasteiger partial charge in [-0.15, -0.1) is 0 Å². The van der Waals surface area contributed by atoms with Crippen molar-refractivity contribution in [1.29, 1.82) is 0 Å². The number of nitrogens with zero attached hydrogens (tertiary/aromatic N) is 2. The van der Waals surface area contributed by atoms with E-state index in [1.54, 1.807) is 11.9 Å². The van der Waals surface area contributed by atoms with Crippen molar-refractivity contribution in [2.24, 2.45) is 0 Å². The van der Waals surface area contributed by atoms with Gasteiger partial charge in [-0.1, -0.05) is 29.8 Å². The molecular weight excluding hydrogens is 332 g/mol. The van der Waals surface area contributed by atoms with Crippen molar-refractivity contribution >= 4 is 17.4 Å². The molecule has 2 amide bonds. The predicted molar refractivity (Wildman–Crippen MR) is 100 cm³/mol. The number of imide groups is 1. The maximum absolute atomic E-state index is 13.0. The van der Waals surface area contributed by atoms with Crippen LogP contribution < -0.4 is 0 Å². The van der Waals surface area contributed by atoms with Gasteiger partial charge in [0.05, 0.1) is 18.3 Å². The van der Waals surface area contributed by atoms with Gasteiger partial charge in [0.1, 0.15) is 5.70 Å². The molecule has 1 aliphatic heterocycles. The van der Waals surface area contributed by atoms with E-state index in [0.29, 0.717) is 30.8 Å². The minimum absolute atomic E-state index is 0.0924. The number of carbonyl (C=O) groups is 2. The van der Waals surface area contributed by atoms with E-state index in [0.717, 1.165) is 11.1 Å². The highest BCUT2D eigenvalue weighted by Crippen LogP contribution is 2.31. The van der Waals surface area contributed by atoms with E-state index in [9.17, 15) is 14.7 Å². The Balaban J connectivity index is 2.27. The smallest absolute Gasteiger partial charge is 0.277 e. The number of aliphatic hydroxyl groups is 1. The summed E-state index contributed by atoms with van der Waals surface area (Å²) in [6.45, 7) is 6.88. The first-order valence-electron chi connectivity index (χ1n) is 8.98. The molecule has 142 valence electrons. The Bertz CT molecular complexity index is 680. The summed E-state index contributed by atoms with van der Waals surface area (Å²) < 4.78 is 5.50. The fourth-order valence-corrected chi connectivity index (χ4v) is 2.90. The maximum atomic E-state index is 13.0. The van der Waals surface area contributed by atoms with Crippen LogP contribution in [0.5, 0.6) is 0 Å². The number of rotatable bonds is 9. The van der Waals surface area contributed by atoms with Gasteiger partial charge in [-0.2, -0.15) is 0 Å². The van der Waals surface area contributed by atoms with Gasteiger partial charge in [0.2, 0.25) is 0 Å². The van der Waals surface area contributed by atoms with E-state index in [1.165, 1.54) is 4.90 Å². The van der Waals surface area contributed by atoms with E-state index in [4.69, 9.17) is 4.74 Å². The van der Waals surface area contributed by atoms with Crippen molar-refractivity contribution < 1.29 is 19.4 Å². The SMILES string of the molecule is Cc1ccc(C2=C(N(C)CCO)C(=O)N(CCCOC(C)C)C2=O)cc1. The lowest BCUT2D eigenvalue weighted by atomic mass is 10.0. The molecule has 0 aromatic heterocycles. The normalized spacial score (nSPS) is 14.8. The third kappa shape index (κ3) is 4.51. The van der Waals surface area contributed by atoms with Gasteiger partial charge in [0.25, 0.3) is 11.8 Å². The highest BCUT2D eigenvalue weighted by atomic mass is 16.5. The summed E-state index contributed by atoms with van der Waals surface area (Å²) in [4.78, 5) is 28.8. The van der Waals surface area contributed by atoms with Crippen molar-refractivity contribution in [3.63, 3.8) is 0 Å². The number of likely N-dealkylation sites (N-methyl/N-ethyl adjacent to an activating group) is 1. The second-order valence-corrected chi connectivity index (χ2v) is 6.77. The van der Waals surface area contributed by atoms with Crippen molar-refractivity contribution in [2.75, 3.05) is 33.4 Å². The standard InChI is InChI=1S/C20H28N2O4/c1-14(2)26-13-5-10-22-19(24)17(16-8-6-15(3)7-9-16)18(20(22)25)21(4)11-12-23/h6-9,14,23H,5,10-13H2,1-4H3. The van der Waals surface area contributed by atoms with Crippen LogP contribution in [0.4, 0.5) is 0 Å². The molecule has 0 saturated heterocycles. The summed E-state index contributed by atoms with van der Waals surface area (Å²) in [7, 11) is 1.72. The molecule has 0 unspecified atom stereocenters. The lowest BCUT2D eigenvalue weighted by Crippen LogP contribution is -2.36. The third-order valence-electron chi connectivity index (χ3n) is 4.28. The van der Waals surface area contributed by atoms with Gasteiger partial charge in [0, 0.05) is 26.7 Å². The molecule has 1 aromatic carbocycles. The van der Waals surface area contributed by atoms with Crippen LogP contribution in [0, 0.1) is 6.92 Å². The first-order chi connectivity index (χ1) is 12.4. The Morgan fingerprint density at radius 3 is 2.38 bits per heavy atom. The van der Waals surface area contributed by atoms with Crippen molar-refractivity contribution in [3.05, 3.63) is 41.1 Å². The van der Waals surface area contributed by atoms with Gasteiger partial charge in [-0.3, -0.25) is 14.5 Å². The Labute approximate surface area is 155 Å². The molecule has 2 rings (SSSR count). The monoisotopic (exact) mass is 360 g/mol. The number of amides is 2. The zero-order valence-electron chi connectivity index (χ0n) is 16.0. The van der Waals surface area contributed by atoms with E-state index in [1.807, 2.05) is 45.0 Å². The van der Waals surface area contributed by atoms with Crippen molar-refractivity contribution in [3.8, 4) is 0 Å². The molecular formula is C20H28N2O4. The van der Waals surface area contributed by atoms with Crippen LogP contribution in [0.3, 0.4) is 0 Å². The Morgan fingerprint density at radius 1 is 1.15 bits per heavy atom. The van der Waals surface area contributed by atoms with Crippen LogP contribution in [0.2, 0.25) is 0 Å².